The lowest BCUT2D eigenvalue weighted by Crippen LogP contribution is -2.59. The van der Waals surface area contributed by atoms with Gasteiger partial charge in [0, 0.05) is 43.5 Å². The molecule has 1 N–H and O–H groups in total. The van der Waals surface area contributed by atoms with Crippen LogP contribution in [0.2, 0.25) is 0 Å². The van der Waals surface area contributed by atoms with Gasteiger partial charge in [-0.2, -0.15) is 0 Å². The number of fused-ring (bicyclic) bond motifs is 3. The van der Waals surface area contributed by atoms with Gasteiger partial charge in [-0.1, -0.05) is 0 Å². The number of pyridine rings is 1. The van der Waals surface area contributed by atoms with Gasteiger partial charge < -0.3 is 19.1 Å². The number of ether oxygens (including phenoxy) is 1. The lowest BCUT2D eigenvalue weighted by Gasteiger charge is -2.51. The zero-order valence-electron chi connectivity index (χ0n) is 15.7. The van der Waals surface area contributed by atoms with Gasteiger partial charge in [0.2, 0.25) is 0 Å². The van der Waals surface area contributed by atoms with E-state index in [1.807, 2.05) is 54.6 Å². The maximum absolute atomic E-state index is 12.7. The molecule has 140 valence electrons. The number of hydrogen-bond donors (Lipinski definition) is 1. The van der Waals surface area contributed by atoms with Crippen LogP contribution in [0.15, 0.2) is 30.7 Å². The highest BCUT2D eigenvalue weighted by Gasteiger charge is 2.49. The number of nitrogens with zero attached hydrogens (tertiary/aromatic N) is 3. The van der Waals surface area contributed by atoms with Crippen LogP contribution in [0.5, 0.6) is 0 Å². The third-order valence-electron chi connectivity index (χ3n) is 5.55. The molecule has 0 spiro atoms. The SMILES string of the molecule is CC(C)(C)OC(=O)N1C2CCCC1CC(O)(c1ccn3ccnc3c1)C2. The number of hydrogen-bond acceptors (Lipinski definition) is 4. The number of imidazole rings is 1. The average molecular weight is 357 g/mol. The average Bonchev–Trinajstić information content (AvgIpc) is 2.99. The van der Waals surface area contributed by atoms with Crippen LogP contribution in [0.3, 0.4) is 0 Å². The van der Waals surface area contributed by atoms with Crippen molar-refractivity contribution in [2.24, 2.45) is 0 Å². The van der Waals surface area contributed by atoms with Gasteiger partial charge in [0.25, 0.3) is 0 Å². The Bertz CT molecular complexity index is 809. The van der Waals surface area contributed by atoms with E-state index in [9.17, 15) is 9.90 Å². The molecule has 4 heterocycles. The van der Waals surface area contributed by atoms with E-state index in [1.54, 1.807) is 6.20 Å². The smallest absolute Gasteiger partial charge is 0.410 e. The Hall–Kier alpha value is -2.08. The number of carbonyl (C=O) groups excluding carboxylic acids is 1. The number of amides is 1. The highest BCUT2D eigenvalue weighted by molar-refractivity contribution is 5.69. The normalized spacial score (nSPS) is 29.0. The lowest BCUT2D eigenvalue weighted by molar-refractivity contribution is -0.0965. The van der Waals surface area contributed by atoms with Crippen molar-refractivity contribution in [2.45, 2.75) is 76.2 Å². The Morgan fingerprint density at radius 3 is 2.62 bits per heavy atom. The summed E-state index contributed by atoms with van der Waals surface area (Å²) in [6, 6.07) is 3.95. The van der Waals surface area contributed by atoms with Gasteiger partial charge >= 0.3 is 6.09 Å². The van der Waals surface area contributed by atoms with Crippen LogP contribution in [0.1, 0.15) is 58.4 Å². The van der Waals surface area contributed by atoms with E-state index in [0.717, 1.165) is 30.5 Å². The Labute approximate surface area is 153 Å². The summed E-state index contributed by atoms with van der Waals surface area (Å²) in [4.78, 5) is 18.9. The number of aromatic nitrogens is 2. The molecule has 2 aliphatic rings. The second-order valence-electron chi connectivity index (χ2n) is 8.67. The van der Waals surface area contributed by atoms with E-state index in [1.165, 1.54) is 0 Å². The van der Waals surface area contributed by atoms with E-state index < -0.39 is 11.2 Å². The molecule has 2 aromatic heterocycles. The summed E-state index contributed by atoms with van der Waals surface area (Å²) < 4.78 is 7.56. The van der Waals surface area contributed by atoms with Crippen LogP contribution in [0.25, 0.3) is 5.65 Å². The molecule has 2 saturated heterocycles. The number of piperidine rings is 2. The van der Waals surface area contributed by atoms with Crippen molar-refractivity contribution in [1.29, 1.82) is 0 Å². The van der Waals surface area contributed by atoms with Crippen LogP contribution in [0, 0.1) is 0 Å². The van der Waals surface area contributed by atoms with Crippen molar-refractivity contribution < 1.29 is 14.6 Å². The quantitative estimate of drug-likeness (QED) is 0.848. The van der Waals surface area contributed by atoms with Crippen molar-refractivity contribution in [3.63, 3.8) is 0 Å². The van der Waals surface area contributed by atoms with E-state index in [-0.39, 0.29) is 18.2 Å². The first-order chi connectivity index (χ1) is 12.3. The summed E-state index contributed by atoms with van der Waals surface area (Å²) in [5.41, 5.74) is 0.278. The molecule has 1 amide bonds. The molecule has 0 radical (unpaired) electrons. The minimum Gasteiger partial charge on any atom is -0.444 e. The second kappa shape index (κ2) is 5.98. The van der Waals surface area contributed by atoms with Gasteiger partial charge in [-0.15, -0.1) is 0 Å². The maximum atomic E-state index is 12.7. The van der Waals surface area contributed by atoms with E-state index >= 15 is 0 Å². The molecule has 4 rings (SSSR count). The predicted octanol–water partition coefficient (Wildman–Crippen LogP) is 3.47. The van der Waals surface area contributed by atoms with E-state index in [0.29, 0.717) is 12.8 Å². The molecule has 0 aromatic carbocycles. The highest BCUT2D eigenvalue weighted by atomic mass is 16.6. The van der Waals surface area contributed by atoms with Gasteiger partial charge in [0.05, 0.1) is 5.60 Å². The Kier molecular flexibility index (Phi) is 3.99. The number of carbonyl (C=O) groups is 1. The number of rotatable bonds is 1. The van der Waals surface area contributed by atoms with Crippen LogP contribution < -0.4 is 0 Å². The summed E-state index contributed by atoms with van der Waals surface area (Å²) >= 11 is 0. The van der Waals surface area contributed by atoms with Crippen LogP contribution >= 0.6 is 0 Å². The van der Waals surface area contributed by atoms with Gasteiger partial charge in [-0.3, -0.25) is 0 Å². The summed E-state index contributed by atoms with van der Waals surface area (Å²) in [7, 11) is 0. The topological polar surface area (TPSA) is 67.1 Å². The van der Waals surface area contributed by atoms with Crippen molar-refractivity contribution in [1.82, 2.24) is 14.3 Å². The molecule has 26 heavy (non-hydrogen) atoms. The maximum Gasteiger partial charge on any atom is 0.410 e. The molecule has 2 aliphatic heterocycles. The van der Waals surface area contributed by atoms with Crippen LogP contribution in [-0.2, 0) is 10.3 Å². The second-order valence-corrected chi connectivity index (χ2v) is 8.67. The van der Waals surface area contributed by atoms with E-state index in [4.69, 9.17) is 4.74 Å². The zero-order chi connectivity index (χ0) is 18.5. The van der Waals surface area contributed by atoms with Gasteiger partial charge in [0.15, 0.2) is 0 Å². The van der Waals surface area contributed by atoms with Crippen LogP contribution in [-0.4, -0.2) is 43.2 Å². The zero-order valence-corrected chi connectivity index (χ0v) is 15.7. The molecule has 0 saturated carbocycles. The minimum atomic E-state index is -0.929. The molecule has 2 aromatic rings. The third-order valence-corrected chi connectivity index (χ3v) is 5.55. The molecular formula is C20H27N3O3. The molecule has 2 fully saturated rings. The fourth-order valence-electron chi connectivity index (χ4n) is 4.48. The molecule has 6 heteroatoms. The Morgan fingerprint density at radius 2 is 1.96 bits per heavy atom. The Morgan fingerprint density at radius 1 is 1.27 bits per heavy atom. The monoisotopic (exact) mass is 357 g/mol. The summed E-state index contributed by atoms with van der Waals surface area (Å²) in [6.07, 6.45) is 9.31. The molecule has 2 unspecified atom stereocenters. The molecule has 0 aliphatic carbocycles. The first-order valence-corrected chi connectivity index (χ1v) is 9.42. The lowest BCUT2D eigenvalue weighted by atomic mass is 9.73. The number of aliphatic hydroxyl groups is 1. The molecule has 2 atom stereocenters. The summed E-state index contributed by atoms with van der Waals surface area (Å²) in [5.74, 6) is 0. The molecule has 6 nitrogen and oxygen atoms in total. The summed E-state index contributed by atoms with van der Waals surface area (Å²) in [5, 5.41) is 11.5. The van der Waals surface area contributed by atoms with Gasteiger partial charge in [-0.05, 0) is 57.7 Å². The van der Waals surface area contributed by atoms with Crippen molar-refractivity contribution in [3.8, 4) is 0 Å². The van der Waals surface area contributed by atoms with Gasteiger partial charge in [-0.25, -0.2) is 9.78 Å². The predicted molar refractivity (Wildman–Crippen MR) is 97.8 cm³/mol. The third kappa shape index (κ3) is 3.07. The van der Waals surface area contributed by atoms with E-state index in [2.05, 4.69) is 4.98 Å². The molecule has 2 bridgehead atoms. The minimum absolute atomic E-state index is 0.0123. The van der Waals surface area contributed by atoms with Crippen molar-refractivity contribution >= 4 is 11.7 Å². The van der Waals surface area contributed by atoms with Crippen LogP contribution in [0.4, 0.5) is 4.79 Å². The standard InChI is InChI=1S/C20H27N3O3/c1-19(2,3)26-18(24)23-15-5-4-6-16(23)13-20(25,12-15)14-7-9-22-10-8-21-17(22)11-14/h7-11,15-16,25H,4-6,12-13H2,1-3H3. The fraction of sp³-hybridized carbons (Fsp3) is 0.600. The molecular weight excluding hydrogens is 330 g/mol. The summed E-state index contributed by atoms with van der Waals surface area (Å²) in [6.45, 7) is 5.67. The first kappa shape index (κ1) is 17.3. The first-order valence-electron chi connectivity index (χ1n) is 9.42. The van der Waals surface area contributed by atoms with Crippen molar-refractivity contribution in [3.05, 3.63) is 36.3 Å². The Balaban J connectivity index is 1.61. The highest BCUT2D eigenvalue weighted by Crippen LogP contribution is 2.44. The van der Waals surface area contributed by atoms with Crippen molar-refractivity contribution in [2.75, 3.05) is 0 Å². The largest absolute Gasteiger partial charge is 0.444 e. The van der Waals surface area contributed by atoms with Gasteiger partial charge in [0.1, 0.15) is 11.2 Å². The fourth-order valence-corrected chi connectivity index (χ4v) is 4.48.